The molecule has 6 nitrogen and oxygen atoms in total. The molecular formula is C19H20ClF3N2O4S. The highest BCUT2D eigenvalue weighted by molar-refractivity contribution is 7.89. The van der Waals surface area contributed by atoms with Gasteiger partial charge in [0.05, 0.1) is 29.9 Å². The van der Waals surface area contributed by atoms with Crippen LogP contribution in [0.25, 0.3) is 0 Å². The Hall–Kier alpha value is -2.04. The Balaban J connectivity index is 1.92. The lowest BCUT2D eigenvalue weighted by Gasteiger charge is -2.23. The van der Waals surface area contributed by atoms with E-state index in [1.54, 1.807) is 0 Å². The van der Waals surface area contributed by atoms with E-state index in [9.17, 15) is 26.4 Å². The van der Waals surface area contributed by atoms with Crippen LogP contribution in [0.5, 0.6) is 0 Å². The van der Waals surface area contributed by atoms with Crippen LogP contribution in [0, 0.1) is 0 Å². The number of hydrogen-bond acceptors (Lipinski definition) is 4. The summed E-state index contributed by atoms with van der Waals surface area (Å²) in [5, 5.41) is 2.40. The van der Waals surface area contributed by atoms with Crippen molar-refractivity contribution in [1.29, 1.82) is 0 Å². The molecule has 1 aromatic carbocycles. The van der Waals surface area contributed by atoms with E-state index in [-0.39, 0.29) is 23.4 Å². The number of rotatable bonds is 7. The first kappa shape index (κ1) is 22.6. The molecule has 1 aliphatic carbocycles. The number of alkyl halides is 3. The van der Waals surface area contributed by atoms with Crippen LogP contribution in [0.2, 0.25) is 5.02 Å². The van der Waals surface area contributed by atoms with Gasteiger partial charge in [-0.05, 0) is 43.2 Å². The van der Waals surface area contributed by atoms with E-state index in [0.29, 0.717) is 12.1 Å². The lowest BCUT2D eigenvalue weighted by molar-refractivity contribution is -0.137. The molecule has 164 valence electrons. The second-order valence-electron chi connectivity index (χ2n) is 7.04. The average Bonchev–Trinajstić information content (AvgIpc) is 3.34. The predicted molar refractivity (Wildman–Crippen MR) is 103 cm³/mol. The molecule has 0 aliphatic heterocycles. The number of benzene rings is 1. The highest BCUT2D eigenvalue weighted by Crippen LogP contribution is 2.34. The number of nitrogens with one attached hydrogen (secondary N) is 1. The first-order valence-electron chi connectivity index (χ1n) is 9.26. The van der Waals surface area contributed by atoms with Gasteiger partial charge < -0.3 is 9.73 Å². The Kier molecular flexibility index (Phi) is 6.78. The summed E-state index contributed by atoms with van der Waals surface area (Å²) in [4.78, 5) is 11.7. The summed E-state index contributed by atoms with van der Waals surface area (Å²) in [5.74, 6) is -0.310. The van der Waals surface area contributed by atoms with Crippen LogP contribution in [0.4, 0.5) is 13.2 Å². The van der Waals surface area contributed by atoms with Crippen LogP contribution in [0.15, 0.2) is 45.9 Å². The molecule has 1 amide bonds. The first-order chi connectivity index (χ1) is 14.1. The number of furan rings is 1. The maximum absolute atomic E-state index is 13.2. The minimum atomic E-state index is -4.75. The van der Waals surface area contributed by atoms with Gasteiger partial charge >= 0.3 is 6.18 Å². The highest BCUT2D eigenvalue weighted by Gasteiger charge is 2.35. The van der Waals surface area contributed by atoms with E-state index in [4.69, 9.17) is 16.0 Å². The monoisotopic (exact) mass is 464 g/mol. The number of amides is 1. The lowest BCUT2D eigenvalue weighted by atomic mass is 10.2. The van der Waals surface area contributed by atoms with Crippen molar-refractivity contribution in [3.8, 4) is 0 Å². The summed E-state index contributed by atoms with van der Waals surface area (Å²) in [5.41, 5.74) is -1.15. The topological polar surface area (TPSA) is 79.6 Å². The normalized spacial score (nSPS) is 15.6. The van der Waals surface area contributed by atoms with Gasteiger partial charge in [-0.1, -0.05) is 24.4 Å². The Morgan fingerprint density at radius 3 is 2.53 bits per heavy atom. The van der Waals surface area contributed by atoms with Gasteiger partial charge in [0.1, 0.15) is 10.7 Å². The molecule has 11 heteroatoms. The second-order valence-corrected chi connectivity index (χ2v) is 9.36. The van der Waals surface area contributed by atoms with E-state index in [1.807, 2.05) is 0 Å². The third-order valence-electron chi connectivity index (χ3n) is 4.83. The molecule has 1 saturated carbocycles. The van der Waals surface area contributed by atoms with Crippen molar-refractivity contribution in [3.05, 3.63) is 52.9 Å². The highest BCUT2D eigenvalue weighted by atomic mass is 35.5. The van der Waals surface area contributed by atoms with Crippen molar-refractivity contribution >= 4 is 27.5 Å². The van der Waals surface area contributed by atoms with E-state index in [1.165, 1.54) is 18.4 Å². The summed E-state index contributed by atoms with van der Waals surface area (Å²) < 4.78 is 71.6. The van der Waals surface area contributed by atoms with Gasteiger partial charge in [-0.25, -0.2) is 8.42 Å². The zero-order chi connectivity index (χ0) is 21.9. The zero-order valence-electron chi connectivity index (χ0n) is 15.8. The van der Waals surface area contributed by atoms with E-state index in [0.717, 1.165) is 36.1 Å². The molecule has 30 heavy (non-hydrogen) atoms. The van der Waals surface area contributed by atoms with Crippen LogP contribution in [-0.4, -0.2) is 31.2 Å². The third-order valence-corrected chi connectivity index (χ3v) is 7.10. The molecule has 1 aliphatic rings. The van der Waals surface area contributed by atoms with Gasteiger partial charge in [-0.3, -0.25) is 4.79 Å². The van der Waals surface area contributed by atoms with Crippen molar-refractivity contribution in [2.24, 2.45) is 0 Å². The summed E-state index contributed by atoms with van der Waals surface area (Å²) in [7, 11) is -4.54. The van der Waals surface area contributed by atoms with E-state index < -0.39 is 39.1 Å². The van der Waals surface area contributed by atoms with Crippen molar-refractivity contribution in [2.45, 2.75) is 49.3 Å². The molecule has 2 aromatic rings. The summed E-state index contributed by atoms with van der Waals surface area (Å²) >= 11 is 5.93. The van der Waals surface area contributed by atoms with Crippen LogP contribution >= 0.6 is 11.6 Å². The zero-order valence-corrected chi connectivity index (χ0v) is 17.4. The van der Waals surface area contributed by atoms with Crippen LogP contribution < -0.4 is 5.32 Å². The molecule has 0 saturated heterocycles. The van der Waals surface area contributed by atoms with Crippen molar-refractivity contribution in [3.63, 3.8) is 0 Å². The first-order valence-corrected chi connectivity index (χ1v) is 11.1. The standard InChI is InChI=1S/C19H20ClF3N2O4S/c20-16-8-7-13(19(21,22)23)10-17(16)30(27,28)25(11-15-6-3-9-29-15)12-18(26)24-14-4-1-2-5-14/h3,6-10,14H,1-2,4-5,11-12H2,(H,24,26). The number of nitrogens with zero attached hydrogens (tertiary/aromatic N) is 1. The number of hydrogen-bond donors (Lipinski definition) is 1. The fraction of sp³-hybridized carbons (Fsp3) is 0.421. The quantitative estimate of drug-likeness (QED) is 0.666. The molecule has 0 spiro atoms. The third kappa shape index (κ3) is 5.35. The summed E-state index contributed by atoms with van der Waals surface area (Å²) in [6, 6.07) is 5.05. The molecular weight excluding hydrogens is 445 g/mol. The van der Waals surface area contributed by atoms with Crippen LogP contribution in [-0.2, 0) is 27.5 Å². The van der Waals surface area contributed by atoms with Crippen molar-refractivity contribution in [2.75, 3.05) is 6.54 Å². The molecule has 1 fully saturated rings. The molecule has 1 N–H and O–H groups in total. The SMILES string of the molecule is O=C(CN(Cc1ccco1)S(=O)(=O)c1cc(C(F)(F)F)ccc1Cl)NC1CCCC1. The second kappa shape index (κ2) is 8.99. The summed E-state index contributed by atoms with van der Waals surface area (Å²) in [6.45, 7) is -0.911. The summed E-state index contributed by atoms with van der Waals surface area (Å²) in [6.07, 6.45) is 0.126. The van der Waals surface area contributed by atoms with Gasteiger partial charge in [0.15, 0.2) is 0 Å². The van der Waals surface area contributed by atoms with Gasteiger partial charge in [-0.2, -0.15) is 17.5 Å². The maximum Gasteiger partial charge on any atom is 0.416 e. The van der Waals surface area contributed by atoms with Crippen molar-refractivity contribution in [1.82, 2.24) is 9.62 Å². The molecule has 0 bridgehead atoms. The fourth-order valence-electron chi connectivity index (χ4n) is 3.32. The molecule has 1 aromatic heterocycles. The number of carbonyl (C=O) groups is 1. The van der Waals surface area contributed by atoms with Crippen LogP contribution in [0.1, 0.15) is 37.0 Å². The molecule has 1 heterocycles. The van der Waals surface area contributed by atoms with Crippen molar-refractivity contribution < 1.29 is 30.8 Å². The van der Waals surface area contributed by atoms with Gasteiger partial charge in [0, 0.05) is 6.04 Å². The van der Waals surface area contributed by atoms with Crippen LogP contribution in [0.3, 0.4) is 0 Å². The smallest absolute Gasteiger partial charge is 0.416 e. The Labute approximate surface area is 177 Å². The Morgan fingerprint density at radius 2 is 1.93 bits per heavy atom. The molecule has 3 rings (SSSR count). The minimum Gasteiger partial charge on any atom is -0.468 e. The lowest BCUT2D eigenvalue weighted by Crippen LogP contribution is -2.43. The van der Waals surface area contributed by atoms with E-state index in [2.05, 4.69) is 5.32 Å². The minimum absolute atomic E-state index is 0.0391. The molecule has 0 atom stereocenters. The number of carbonyl (C=O) groups excluding carboxylic acids is 1. The predicted octanol–water partition coefficient (Wildman–Crippen LogP) is 4.20. The van der Waals surface area contributed by atoms with Gasteiger partial charge in [-0.15, -0.1) is 0 Å². The molecule has 0 radical (unpaired) electrons. The van der Waals surface area contributed by atoms with Gasteiger partial charge in [0.25, 0.3) is 0 Å². The van der Waals surface area contributed by atoms with Gasteiger partial charge in [0.2, 0.25) is 15.9 Å². The average molecular weight is 465 g/mol. The Bertz CT molecular complexity index is 988. The Morgan fingerprint density at radius 1 is 1.23 bits per heavy atom. The fourth-order valence-corrected chi connectivity index (χ4v) is 5.19. The number of sulfonamides is 1. The molecule has 0 unspecified atom stereocenters. The largest absolute Gasteiger partial charge is 0.468 e. The van der Waals surface area contributed by atoms with E-state index >= 15 is 0 Å². The maximum atomic E-state index is 13.2. The number of halogens is 4.